The summed E-state index contributed by atoms with van der Waals surface area (Å²) in [5, 5.41) is 4.20. The van der Waals surface area contributed by atoms with Crippen molar-refractivity contribution in [3.63, 3.8) is 0 Å². The third kappa shape index (κ3) is 2.40. The molecule has 0 saturated carbocycles. The molecule has 4 heterocycles. The van der Waals surface area contributed by atoms with E-state index in [1.807, 2.05) is 17.0 Å². The number of anilines is 2. The molecule has 0 bridgehead atoms. The van der Waals surface area contributed by atoms with Crippen LogP contribution in [0.2, 0.25) is 0 Å². The fraction of sp³-hybridized carbons (Fsp3) is 0.250. The van der Waals surface area contributed by atoms with Gasteiger partial charge in [-0.25, -0.2) is 19.3 Å². The van der Waals surface area contributed by atoms with Crippen molar-refractivity contribution in [1.82, 2.24) is 19.2 Å². The molecule has 0 saturated heterocycles. The van der Waals surface area contributed by atoms with Crippen molar-refractivity contribution in [2.24, 2.45) is 7.05 Å². The van der Waals surface area contributed by atoms with Crippen LogP contribution in [-0.2, 0) is 11.8 Å². The maximum Gasteiger partial charge on any atom is 0.350 e. The zero-order valence-corrected chi connectivity index (χ0v) is 13.7. The predicted octanol–water partition coefficient (Wildman–Crippen LogP) is 0.745. The minimum atomic E-state index is -0.467. The monoisotopic (exact) mass is 341 g/mol. The van der Waals surface area contributed by atoms with Gasteiger partial charge in [0.25, 0.3) is 0 Å². The number of methoxy groups -OCH3 is 1. The quantitative estimate of drug-likeness (QED) is 0.635. The molecule has 128 valence electrons. The van der Waals surface area contributed by atoms with E-state index in [0.717, 1.165) is 5.69 Å². The van der Waals surface area contributed by atoms with Gasteiger partial charge in [0.2, 0.25) is 0 Å². The number of carbonyl (C=O) groups excluding carboxylic acids is 1. The molecule has 25 heavy (non-hydrogen) atoms. The molecule has 0 N–H and O–H groups in total. The highest BCUT2D eigenvalue weighted by atomic mass is 16.5. The SMILES string of the molecule is COC(=O)c1cnc2c(c1)OCCN2c1ccn2c(=O)n(C)nc2c1. The lowest BCUT2D eigenvalue weighted by molar-refractivity contribution is 0.0599. The van der Waals surface area contributed by atoms with E-state index in [1.54, 1.807) is 19.3 Å². The maximum atomic E-state index is 11.9. The minimum absolute atomic E-state index is 0.204. The minimum Gasteiger partial charge on any atom is -0.488 e. The summed E-state index contributed by atoms with van der Waals surface area (Å²) in [5.74, 6) is 0.638. The number of carbonyl (C=O) groups is 1. The summed E-state index contributed by atoms with van der Waals surface area (Å²) in [6.45, 7) is 1.03. The van der Waals surface area contributed by atoms with Crippen molar-refractivity contribution < 1.29 is 14.3 Å². The third-order valence-corrected chi connectivity index (χ3v) is 4.05. The van der Waals surface area contributed by atoms with Gasteiger partial charge in [0.05, 0.1) is 19.2 Å². The maximum absolute atomic E-state index is 11.9. The normalized spacial score (nSPS) is 13.4. The van der Waals surface area contributed by atoms with E-state index in [1.165, 1.54) is 22.4 Å². The molecule has 0 unspecified atom stereocenters. The lowest BCUT2D eigenvalue weighted by Crippen LogP contribution is -2.30. The summed E-state index contributed by atoms with van der Waals surface area (Å²) in [6.07, 6.45) is 3.13. The molecule has 9 heteroatoms. The fourth-order valence-electron chi connectivity index (χ4n) is 2.82. The first kappa shape index (κ1) is 15.2. The van der Waals surface area contributed by atoms with Gasteiger partial charge in [-0.3, -0.25) is 4.40 Å². The molecule has 0 aromatic carbocycles. The number of rotatable bonds is 2. The Morgan fingerprint density at radius 2 is 2.20 bits per heavy atom. The number of hydrogen-bond donors (Lipinski definition) is 0. The van der Waals surface area contributed by atoms with Crippen molar-refractivity contribution >= 4 is 23.1 Å². The van der Waals surface area contributed by atoms with E-state index < -0.39 is 5.97 Å². The van der Waals surface area contributed by atoms with Crippen LogP contribution < -0.4 is 15.3 Å². The molecule has 1 aliphatic rings. The van der Waals surface area contributed by atoms with Crippen LogP contribution in [0, 0.1) is 0 Å². The van der Waals surface area contributed by atoms with Crippen molar-refractivity contribution in [3.8, 4) is 5.75 Å². The summed E-state index contributed by atoms with van der Waals surface area (Å²) < 4.78 is 13.1. The molecule has 1 aliphatic heterocycles. The predicted molar refractivity (Wildman–Crippen MR) is 88.5 cm³/mol. The lowest BCUT2D eigenvalue weighted by Gasteiger charge is -2.30. The van der Waals surface area contributed by atoms with Crippen LogP contribution in [-0.4, -0.2) is 45.4 Å². The van der Waals surface area contributed by atoms with Crippen LogP contribution >= 0.6 is 0 Å². The van der Waals surface area contributed by atoms with Crippen molar-refractivity contribution in [1.29, 1.82) is 0 Å². The van der Waals surface area contributed by atoms with Crippen LogP contribution in [0.1, 0.15) is 10.4 Å². The Morgan fingerprint density at radius 1 is 1.36 bits per heavy atom. The highest BCUT2D eigenvalue weighted by molar-refractivity contribution is 5.90. The van der Waals surface area contributed by atoms with Crippen LogP contribution in [0.4, 0.5) is 11.5 Å². The molecule has 0 fully saturated rings. The Morgan fingerprint density at radius 3 is 3.00 bits per heavy atom. The highest BCUT2D eigenvalue weighted by Gasteiger charge is 2.23. The highest BCUT2D eigenvalue weighted by Crippen LogP contribution is 2.35. The van der Waals surface area contributed by atoms with Gasteiger partial charge in [-0.2, -0.15) is 5.10 Å². The molecular formula is C16H15N5O4. The van der Waals surface area contributed by atoms with E-state index in [4.69, 9.17) is 9.47 Å². The zero-order chi connectivity index (χ0) is 17.6. The number of esters is 1. The average molecular weight is 341 g/mol. The summed E-state index contributed by atoms with van der Waals surface area (Å²) >= 11 is 0. The van der Waals surface area contributed by atoms with Gasteiger partial charge in [0.15, 0.2) is 17.2 Å². The van der Waals surface area contributed by atoms with Gasteiger partial charge in [-0.15, -0.1) is 0 Å². The summed E-state index contributed by atoms with van der Waals surface area (Å²) in [7, 11) is 2.92. The first-order valence-corrected chi connectivity index (χ1v) is 7.62. The van der Waals surface area contributed by atoms with Gasteiger partial charge in [-0.1, -0.05) is 0 Å². The Labute approximate surface area is 142 Å². The summed E-state index contributed by atoms with van der Waals surface area (Å²) in [4.78, 5) is 29.9. The molecule has 9 nitrogen and oxygen atoms in total. The van der Waals surface area contributed by atoms with Gasteiger partial charge < -0.3 is 14.4 Å². The third-order valence-electron chi connectivity index (χ3n) is 4.05. The molecule has 4 rings (SSSR count). The summed E-state index contributed by atoms with van der Waals surface area (Å²) in [6, 6.07) is 5.25. The van der Waals surface area contributed by atoms with Gasteiger partial charge in [0, 0.05) is 37.3 Å². The molecule has 0 spiro atoms. The van der Waals surface area contributed by atoms with E-state index in [2.05, 4.69) is 10.1 Å². The van der Waals surface area contributed by atoms with E-state index >= 15 is 0 Å². The van der Waals surface area contributed by atoms with Crippen LogP contribution in [0.15, 0.2) is 35.4 Å². The number of aromatic nitrogens is 4. The molecule has 3 aromatic heterocycles. The molecule has 0 radical (unpaired) electrons. The van der Waals surface area contributed by atoms with Crippen LogP contribution in [0.5, 0.6) is 5.75 Å². The van der Waals surface area contributed by atoms with E-state index in [0.29, 0.717) is 35.9 Å². The fourth-order valence-corrected chi connectivity index (χ4v) is 2.82. The van der Waals surface area contributed by atoms with E-state index in [-0.39, 0.29) is 5.69 Å². The number of aryl methyl sites for hydroxylation is 1. The smallest absolute Gasteiger partial charge is 0.350 e. The number of pyridine rings is 2. The largest absolute Gasteiger partial charge is 0.488 e. The lowest BCUT2D eigenvalue weighted by atomic mass is 10.2. The standard InChI is InChI=1S/C16H15N5O4/c1-19-16(23)21-4-3-11(8-13(21)18-19)20-5-6-25-12-7-10(15(22)24-2)9-17-14(12)20/h3-4,7-9H,5-6H2,1-2H3. The molecular weight excluding hydrogens is 326 g/mol. The van der Waals surface area contributed by atoms with Gasteiger partial charge >= 0.3 is 11.7 Å². The topological polar surface area (TPSA) is 91.0 Å². The number of hydrogen-bond acceptors (Lipinski definition) is 7. The Hall–Kier alpha value is -3.36. The Bertz CT molecular complexity index is 1040. The molecule has 3 aromatic rings. The second kappa shape index (κ2) is 5.62. The van der Waals surface area contributed by atoms with E-state index in [9.17, 15) is 9.59 Å². The second-order valence-corrected chi connectivity index (χ2v) is 5.56. The summed E-state index contributed by atoms with van der Waals surface area (Å²) in [5.41, 5.74) is 1.50. The van der Waals surface area contributed by atoms with Crippen LogP contribution in [0.3, 0.4) is 0 Å². The number of ether oxygens (including phenoxy) is 2. The number of nitrogens with zero attached hydrogens (tertiary/aromatic N) is 5. The zero-order valence-electron chi connectivity index (χ0n) is 13.7. The number of fused-ring (bicyclic) bond motifs is 2. The molecule has 0 aliphatic carbocycles. The molecule has 0 amide bonds. The van der Waals surface area contributed by atoms with Crippen molar-refractivity contribution in [3.05, 3.63) is 46.6 Å². The molecule has 0 atom stereocenters. The first-order chi connectivity index (χ1) is 12.1. The Kier molecular flexibility index (Phi) is 3.41. The van der Waals surface area contributed by atoms with Crippen molar-refractivity contribution in [2.75, 3.05) is 25.2 Å². The first-order valence-electron chi connectivity index (χ1n) is 7.62. The van der Waals surface area contributed by atoms with Gasteiger partial charge in [0.1, 0.15) is 6.61 Å². The van der Waals surface area contributed by atoms with Crippen molar-refractivity contribution in [2.45, 2.75) is 0 Å². The average Bonchev–Trinajstić information content (AvgIpc) is 2.93. The van der Waals surface area contributed by atoms with Crippen LogP contribution in [0.25, 0.3) is 5.65 Å². The van der Waals surface area contributed by atoms with Gasteiger partial charge in [-0.05, 0) is 6.07 Å². The second-order valence-electron chi connectivity index (χ2n) is 5.56. The Balaban J connectivity index is 1.78.